The maximum atomic E-state index is 12.0. The fourth-order valence-corrected chi connectivity index (χ4v) is 1.89. The van der Waals surface area contributed by atoms with Crippen LogP contribution < -0.4 is 11.2 Å². The van der Waals surface area contributed by atoms with Crippen LogP contribution in [0, 0.1) is 0 Å². The summed E-state index contributed by atoms with van der Waals surface area (Å²) in [5.74, 6) is 0. The summed E-state index contributed by atoms with van der Waals surface area (Å²) in [5, 5.41) is 0.0863. The van der Waals surface area contributed by atoms with Crippen LogP contribution in [0.2, 0.25) is 5.28 Å². The molecule has 0 unspecified atom stereocenters. The highest BCUT2D eigenvalue weighted by atomic mass is 35.5. The highest BCUT2D eigenvalue weighted by Crippen LogP contribution is 2.09. The summed E-state index contributed by atoms with van der Waals surface area (Å²) in [6.07, 6.45) is 1.56. The minimum Gasteiger partial charge on any atom is -0.323 e. The highest BCUT2D eigenvalue weighted by molar-refractivity contribution is 6.28. The summed E-state index contributed by atoms with van der Waals surface area (Å²) in [6, 6.07) is 0. The van der Waals surface area contributed by atoms with Gasteiger partial charge in [0.1, 0.15) is 0 Å². The molecule has 0 radical (unpaired) electrons. The smallest absolute Gasteiger partial charge is 0.323 e. The molecule has 2 aromatic heterocycles. The summed E-state index contributed by atoms with van der Waals surface area (Å²) in [6.45, 7) is 5.87. The molecule has 0 atom stereocenters. The third-order valence-electron chi connectivity index (χ3n) is 2.46. The van der Waals surface area contributed by atoms with Gasteiger partial charge in [0.25, 0.3) is 5.56 Å². The summed E-state index contributed by atoms with van der Waals surface area (Å²) in [5.41, 5.74) is -0.326. The van der Waals surface area contributed by atoms with Crippen molar-refractivity contribution in [2.75, 3.05) is 0 Å². The second-order valence-electron chi connectivity index (χ2n) is 3.46. The molecule has 0 aromatic carbocycles. The summed E-state index contributed by atoms with van der Waals surface area (Å²) in [4.78, 5) is 30.6. The molecule has 2 aromatic rings. The molecule has 0 amide bonds. The first-order valence-corrected chi connectivity index (χ1v) is 5.47. The lowest BCUT2D eigenvalue weighted by molar-refractivity contribution is 0.620. The fourth-order valence-electron chi connectivity index (χ4n) is 1.71. The molecule has 0 saturated heterocycles. The lowest BCUT2D eigenvalue weighted by Gasteiger charge is -2.07. The van der Waals surface area contributed by atoms with Crippen LogP contribution in [0.5, 0.6) is 0 Å². The average molecular weight is 255 g/mol. The van der Waals surface area contributed by atoms with Gasteiger partial charge in [0.15, 0.2) is 11.2 Å². The predicted octanol–water partition coefficient (Wildman–Crippen LogP) is 0.746. The molecule has 0 fully saturated rings. The normalized spacial score (nSPS) is 10.9. The van der Waals surface area contributed by atoms with E-state index in [0.29, 0.717) is 6.54 Å². The number of aromatic amines is 1. The van der Waals surface area contributed by atoms with Crippen molar-refractivity contribution < 1.29 is 0 Å². The van der Waals surface area contributed by atoms with Crippen LogP contribution in [0.4, 0.5) is 0 Å². The fraction of sp³-hybridized carbons (Fsp3) is 0.300. The van der Waals surface area contributed by atoms with E-state index < -0.39 is 11.2 Å². The third kappa shape index (κ3) is 1.70. The Morgan fingerprint density at radius 2 is 2.18 bits per heavy atom. The van der Waals surface area contributed by atoms with Crippen LogP contribution in [0.25, 0.3) is 11.2 Å². The molecule has 0 bridgehead atoms. The zero-order chi connectivity index (χ0) is 12.6. The van der Waals surface area contributed by atoms with Crippen LogP contribution in [0.15, 0.2) is 22.2 Å². The molecule has 0 aliphatic rings. The van der Waals surface area contributed by atoms with E-state index in [1.807, 2.05) is 0 Å². The number of nitrogens with zero attached hydrogens (tertiary/aromatic N) is 3. The molecule has 0 aliphatic heterocycles. The van der Waals surface area contributed by atoms with Crippen LogP contribution in [0.3, 0.4) is 0 Å². The van der Waals surface area contributed by atoms with Gasteiger partial charge in [-0.05, 0) is 18.5 Å². The molecular formula is C10H11ClN4O2. The molecule has 0 saturated carbocycles. The van der Waals surface area contributed by atoms with Crippen LogP contribution in [-0.2, 0) is 13.1 Å². The molecule has 0 spiro atoms. The van der Waals surface area contributed by atoms with E-state index in [1.165, 1.54) is 4.57 Å². The van der Waals surface area contributed by atoms with Gasteiger partial charge >= 0.3 is 5.69 Å². The Labute approximate surface area is 101 Å². The van der Waals surface area contributed by atoms with Gasteiger partial charge in [-0.15, -0.1) is 6.58 Å². The van der Waals surface area contributed by atoms with Gasteiger partial charge in [-0.1, -0.05) is 6.08 Å². The van der Waals surface area contributed by atoms with Gasteiger partial charge in [0.2, 0.25) is 5.28 Å². The maximum absolute atomic E-state index is 12.0. The Morgan fingerprint density at radius 3 is 2.76 bits per heavy atom. The van der Waals surface area contributed by atoms with E-state index in [-0.39, 0.29) is 23.0 Å². The Morgan fingerprint density at radius 1 is 1.47 bits per heavy atom. The van der Waals surface area contributed by atoms with E-state index in [2.05, 4.69) is 16.5 Å². The number of imidazole rings is 1. The molecule has 7 heteroatoms. The summed E-state index contributed by atoms with van der Waals surface area (Å²) >= 11 is 5.72. The van der Waals surface area contributed by atoms with E-state index in [0.717, 1.165) is 4.57 Å². The van der Waals surface area contributed by atoms with Gasteiger partial charge in [0.05, 0.1) is 0 Å². The van der Waals surface area contributed by atoms with Gasteiger partial charge in [0, 0.05) is 13.1 Å². The van der Waals surface area contributed by atoms with E-state index >= 15 is 0 Å². The number of fused-ring (bicyclic) bond motifs is 1. The third-order valence-corrected chi connectivity index (χ3v) is 2.64. The van der Waals surface area contributed by atoms with Crippen LogP contribution >= 0.6 is 11.6 Å². The number of hydrogen-bond acceptors (Lipinski definition) is 3. The predicted molar refractivity (Wildman–Crippen MR) is 65.5 cm³/mol. The van der Waals surface area contributed by atoms with Crippen molar-refractivity contribution in [2.24, 2.45) is 0 Å². The lowest BCUT2D eigenvalue weighted by Crippen LogP contribution is -2.39. The standard InChI is InChI=1S/C10H11ClN4O2/c1-3-5-15-7-6(12-9(11)13-7)8(16)14(4-2)10(15)17/h3H,1,4-5H2,2H3,(H,12,13). The van der Waals surface area contributed by atoms with Crippen molar-refractivity contribution in [3.8, 4) is 0 Å². The van der Waals surface area contributed by atoms with Crippen molar-refractivity contribution >= 4 is 22.8 Å². The molecule has 2 heterocycles. The number of halogens is 1. The quantitative estimate of drug-likeness (QED) is 0.649. The zero-order valence-corrected chi connectivity index (χ0v) is 9.99. The van der Waals surface area contributed by atoms with Crippen molar-refractivity contribution in [3.05, 3.63) is 38.8 Å². The highest BCUT2D eigenvalue weighted by Gasteiger charge is 2.14. The average Bonchev–Trinajstić information content (AvgIpc) is 2.67. The number of rotatable bonds is 3. The molecule has 0 aliphatic carbocycles. The SMILES string of the molecule is C=CCn1c(=O)n(CC)c(=O)c2[nH]c(Cl)nc21. The molecule has 90 valence electrons. The summed E-state index contributed by atoms with van der Waals surface area (Å²) in [7, 11) is 0. The maximum Gasteiger partial charge on any atom is 0.333 e. The lowest BCUT2D eigenvalue weighted by atomic mass is 10.4. The number of aromatic nitrogens is 4. The van der Waals surface area contributed by atoms with Crippen molar-refractivity contribution in [3.63, 3.8) is 0 Å². The molecule has 17 heavy (non-hydrogen) atoms. The largest absolute Gasteiger partial charge is 0.333 e. The minimum absolute atomic E-state index is 0.0863. The first-order chi connectivity index (χ1) is 8.10. The topological polar surface area (TPSA) is 72.7 Å². The van der Waals surface area contributed by atoms with Gasteiger partial charge in [-0.3, -0.25) is 13.9 Å². The van der Waals surface area contributed by atoms with Crippen molar-refractivity contribution in [1.29, 1.82) is 0 Å². The molecule has 2 rings (SSSR count). The molecule has 6 nitrogen and oxygen atoms in total. The number of nitrogens with one attached hydrogen (secondary N) is 1. The zero-order valence-electron chi connectivity index (χ0n) is 9.23. The first-order valence-electron chi connectivity index (χ1n) is 5.09. The van der Waals surface area contributed by atoms with E-state index in [1.54, 1.807) is 13.0 Å². The Kier molecular flexibility index (Phi) is 2.89. The Balaban J connectivity index is 3.00. The molecule has 1 N–H and O–H groups in total. The van der Waals surface area contributed by atoms with E-state index in [9.17, 15) is 9.59 Å². The minimum atomic E-state index is -0.410. The van der Waals surface area contributed by atoms with Crippen molar-refractivity contribution in [1.82, 2.24) is 19.1 Å². The van der Waals surface area contributed by atoms with Crippen molar-refractivity contribution in [2.45, 2.75) is 20.0 Å². The monoisotopic (exact) mass is 254 g/mol. The second kappa shape index (κ2) is 4.21. The molecular weight excluding hydrogens is 244 g/mol. The number of hydrogen-bond donors (Lipinski definition) is 1. The number of H-pyrrole nitrogens is 1. The second-order valence-corrected chi connectivity index (χ2v) is 3.82. The van der Waals surface area contributed by atoms with Gasteiger partial charge < -0.3 is 4.98 Å². The number of allylic oxidation sites excluding steroid dienone is 1. The summed E-state index contributed by atoms with van der Waals surface area (Å²) < 4.78 is 2.48. The van der Waals surface area contributed by atoms with Crippen LogP contribution in [0.1, 0.15) is 6.92 Å². The van der Waals surface area contributed by atoms with Gasteiger partial charge in [-0.2, -0.15) is 4.98 Å². The van der Waals surface area contributed by atoms with E-state index in [4.69, 9.17) is 11.6 Å². The van der Waals surface area contributed by atoms with Gasteiger partial charge in [-0.25, -0.2) is 4.79 Å². The Hall–Kier alpha value is -1.82. The van der Waals surface area contributed by atoms with Crippen LogP contribution in [-0.4, -0.2) is 19.1 Å². The Bertz CT molecular complexity index is 695. The first kappa shape index (κ1) is 11.7.